The van der Waals surface area contributed by atoms with Crippen LogP contribution in [0.15, 0.2) is 48.8 Å². The molecule has 2 amide bonds. The lowest BCUT2D eigenvalue weighted by Gasteiger charge is -2.42. The highest BCUT2D eigenvalue weighted by Crippen LogP contribution is 2.31. The number of carbonyl (C=O) groups excluding carboxylic acids is 2. The van der Waals surface area contributed by atoms with Crippen molar-refractivity contribution in [3.8, 4) is 11.5 Å². The van der Waals surface area contributed by atoms with Crippen LogP contribution in [-0.2, 0) is 9.59 Å². The molecular formula is C23H24N6O4. The summed E-state index contributed by atoms with van der Waals surface area (Å²) in [5.74, 6) is 0.699. The average Bonchev–Trinajstić information content (AvgIpc) is 3.46. The molecule has 0 saturated heterocycles. The van der Waals surface area contributed by atoms with Crippen LogP contribution in [0.5, 0.6) is 11.5 Å². The number of aromatic amines is 2. The Morgan fingerprint density at radius 3 is 2.00 bits per heavy atom. The first-order valence-corrected chi connectivity index (χ1v) is 10.8. The molecule has 1 saturated carbocycles. The summed E-state index contributed by atoms with van der Waals surface area (Å²) in [5.41, 5.74) is 1.24. The van der Waals surface area contributed by atoms with Gasteiger partial charge < -0.3 is 20.1 Å². The molecule has 0 spiro atoms. The average molecular weight is 448 g/mol. The van der Waals surface area contributed by atoms with E-state index in [2.05, 4.69) is 31.0 Å². The predicted molar refractivity (Wildman–Crippen MR) is 121 cm³/mol. The topological polar surface area (TPSA) is 134 Å². The van der Waals surface area contributed by atoms with Crippen LogP contribution in [0.25, 0.3) is 21.8 Å². The van der Waals surface area contributed by atoms with Crippen LogP contribution in [0, 0.1) is 0 Å². The second-order valence-corrected chi connectivity index (χ2v) is 8.27. The van der Waals surface area contributed by atoms with E-state index in [9.17, 15) is 9.59 Å². The summed E-state index contributed by atoms with van der Waals surface area (Å²) in [5, 5.41) is 21.5. The zero-order valence-electron chi connectivity index (χ0n) is 17.9. The van der Waals surface area contributed by atoms with Crippen LogP contribution in [0.1, 0.15) is 19.3 Å². The minimum atomic E-state index is -0.446. The molecule has 2 heterocycles. The number of carbonyl (C=O) groups is 2. The van der Waals surface area contributed by atoms with Crippen LogP contribution in [-0.4, -0.2) is 57.5 Å². The third-order valence-corrected chi connectivity index (χ3v) is 5.91. The molecule has 0 aliphatic heterocycles. The maximum Gasteiger partial charge on any atom is 0.258 e. The molecule has 5 rings (SSSR count). The van der Waals surface area contributed by atoms with E-state index in [1.807, 2.05) is 12.1 Å². The van der Waals surface area contributed by atoms with E-state index in [1.54, 1.807) is 36.7 Å². The standard InChI is InChI=1S/C23H24N6O4/c30-21(12-32-17-4-2-15-10-25-28-19(15)8-17)24-14-23(6-1-7-23)27-22(31)13-33-18-5-3-16-11-26-29-20(16)9-18/h2-5,8-11H,1,6-7,12-14H2,(H,24,30)(H,25,28)(H,26,29)(H,27,31). The van der Waals surface area contributed by atoms with Crippen molar-refractivity contribution < 1.29 is 19.1 Å². The van der Waals surface area contributed by atoms with Crippen molar-refractivity contribution in [3.05, 3.63) is 48.8 Å². The van der Waals surface area contributed by atoms with Crippen molar-refractivity contribution in [2.45, 2.75) is 24.8 Å². The molecule has 4 N–H and O–H groups in total. The number of rotatable bonds is 9. The summed E-state index contributed by atoms with van der Waals surface area (Å²) >= 11 is 0. The van der Waals surface area contributed by atoms with Gasteiger partial charge >= 0.3 is 0 Å². The first kappa shape index (κ1) is 20.8. The number of hydrogen-bond acceptors (Lipinski definition) is 6. The highest BCUT2D eigenvalue weighted by molar-refractivity contribution is 5.82. The Hall–Kier alpha value is -4.08. The van der Waals surface area contributed by atoms with Crippen molar-refractivity contribution in [1.29, 1.82) is 0 Å². The Balaban J connectivity index is 1.08. The second-order valence-electron chi connectivity index (χ2n) is 8.27. The molecule has 4 aromatic rings. The van der Waals surface area contributed by atoms with Gasteiger partial charge in [0.05, 0.1) is 29.0 Å². The summed E-state index contributed by atoms with van der Waals surface area (Å²) in [6.45, 7) is 0.137. The number of ether oxygens (including phenoxy) is 2. The van der Waals surface area contributed by atoms with Gasteiger partial charge in [0, 0.05) is 29.4 Å². The first-order valence-electron chi connectivity index (χ1n) is 10.8. The number of aromatic nitrogens is 4. The molecule has 10 heteroatoms. The monoisotopic (exact) mass is 448 g/mol. The molecule has 2 aromatic carbocycles. The van der Waals surface area contributed by atoms with E-state index in [4.69, 9.17) is 9.47 Å². The number of hydrogen-bond donors (Lipinski definition) is 4. The van der Waals surface area contributed by atoms with Gasteiger partial charge in [-0.1, -0.05) is 0 Å². The maximum atomic E-state index is 12.5. The summed E-state index contributed by atoms with van der Waals surface area (Å²) in [4.78, 5) is 24.8. The Kier molecular flexibility index (Phi) is 5.55. The van der Waals surface area contributed by atoms with E-state index >= 15 is 0 Å². The normalized spacial score (nSPS) is 14.5. The van der Waals surface area contributed by atoms with E-state index in [0.717, 1.165) is 41.1 Å². The predicted octanol–water partition coefficient (Wildman–Crippen LogP) is 2.05. The van der Waals surface area contributed by atoms with Crippen LogP contribution >= 0.6 is 0 Å². The van der Waals surface area contributed by atoms with Gasteiger partial charge in [-0.15, -0.1) is 0 Å². The Morgan fingerprint density at radius 2 is 1.45 bits per heavy atom. The van der Waals surface area contributed by atoms with Crippen LogP contribution in [0.4, 0.5) is 0 Å². The fraction of sp³-hybridized carbons (Fsp3) is 0.304. The van der Waals surface area contributed by atoms with Gasteiger partial charge in [0.15, 0.2) is 13.2 Å². The minimum absolute atomic E-state index is 0.103. The van der Waals surface area contributed by atoms with Gasteiger partial charge in [-0.05, 0) is 43.5 Å². The van der Waals surface area contributed by atoms with E-state index in [0.29, 0.717) is 18.0 Å². The summed E-state index contributed by atoms with van der Waals surface area (Å²) in [6, 6.07) is 11.0. The Morgan fingerprint density at radius 1 is 0.879 bits per heavy atom. The summed E-state index contributed by atoms with van der Waals surface area (Å²) in [7, 11) is 0. The van der Waals surface area contributed by atoms with Crippen molar-refractivity contribution in [2.75, 3.05) is 19.8 Å². The van der Waals surface area contributed by atoms with Crippen molar-refractivity contribution in [3.63, 3.8) is 0 Å². The quantitative estimate of drug-likeness (QED) is 0.310. The zero-order chi connectivity index (χ0) is 22.7. The van der Waals surface area contributed by atoms with E-state index in [1.165, 1.54) is 0 Å². The van der Waals surface area contributed by atoms with Gasteiger partial charge in [0.2, 0.25) is 0 Å². The van der Waals surface area contributed by atoms with Crippen molar-refractivity contribution in [2.24, 2.45) is 0 Å². The minimum Gasteiger partial charge on any atom is -0.484 e. The summed E-state index contributed by atoms with van der Waals surface area (Å²) in [6.07, 6.45) is 6.05. The number of amides is 2. The number of H-pyrrole nitrogens is 2. The lowest BCUT2D eigenvalue weighted by Crippen LogP contribution is -2.60. The number of nitrogens with one attached hydrogen (secondary N) is 4. The fourth-order valence-electron chi connectivity index (χ4n) is 3.91. The molecule has 170 valence electrons. The Bertz CT molecular complexity index is 1290. The maximum absolute atomic E-state index is 12.5. The number of nitrogens with zero attached hydrogens (tertiary/aromatic N) is 2. The largest absolute Gasteiger partial charge is 0.484 e. The molecule has 0 bridgehead atoms. The number of fused-ring (bicyclic) bond motifs is 2. The smallest absolute Gasteiger partial charge is 0.258 e. The first-order chi connectivity index (χ1) is 16.1. The highest BCUT2D eigenvalue weighted by Gasteiger charge is 2.38. The van der Waals surface area contributed by atoms with Crippen LogP contribution in [0.2, 0.25) is 0 Å². The van der Waals surface area contributed by atoms with E-state index in [-0.39, 0.29) is 25.0 Å². The fourth-order valence-corrected chi connectivity index (χ4v) is 3.91. The van der Waals surface area contributed by atoms with Crippen LogP contribution in [0.3, 0.4) is 0 Å². The van der Waals surface area contributed by atoms with Crippen LogP contribution < -0.4 is 20.1 Å². The molecular weight excluding hydrogens is 424 g/mol. The molecule has 33 heavy (non-hydrogen) atoms. The molecule has 2 aromatic heterocycles. The lowest BCUT2D eigenvalue weighted by atomic mass is 9.76. The molecule has 1 aliphatic carbocycles. The SMILES string of the molecule is O=C(COc1ccc2cn[nH]c2c1)NCC1(NC(=O)COc2ccc3cn[nH]c3c2)CCC1. The molecule has 0 atom stereocenters. The molecule has 0 unspecified atom stereocenters. The van der Waals surface area contributed by atoms with Gasteiger partial charge in [0.25, 0.3) is 11.8 Å². The molecule has 10 nitrogen and oxygen atoms in total. The van der Waals surface area contributed by atoms with Gasteiger partial charge in [-0.2, -0.15) is 10.2 Å². The van der Waals surface area contributed by atoms with Crippen molar-refractivity contribution >= 4 is 33.6 Å². The van der Waals surface area contributed by atoms with E-state index < -0.39 is 5.54 Å². The molecule has 0 radical (unpaired) electrons. The van der Waals surface area contributed by atoms with Crippen molar-refractivity contribution in [1.82, 2.24) is 31.0 Å². The second kappa shape index (κ2) is 8.81. The van der Waals surface area contributed by atoms with Gasteiger partial charge in [-0.3, -0.25) is 19.8 Å². The van der Waals surface area contributed by atoms with Gasteiger partial charge in [-0.25, -0.2) is 0 Å². The Labute approximate surface area is 189 Å². The molecule has 1 aliphatic rings. The zero-order valence-corrected chi connectivity index (χ0v) is 17.9. The third-order valence-electron chi connectivity index (χ3n) is 5.91. The lowest BCUT2D eigenvalue weighted by molar-refractivity contribution is -0.128. The third kappa shape index (κ3) is 4.74. The number of benzene rings is 2. The molecule has 1 fully saturated rings. The van der Waals surface area contributed by atoms with Gasteiger partial charge in [0.1, 0.15) is 11.5 Å². The highest BCUT2D eigenvalue weighted by atomic mass is 16.5. The summed E-state index contributed by atoms with van der Waals surface area (Å²) < 4.78 is 11.2.